The molecule has 1 N–H and O–H groups in total. The molecule has 0 aromatic heterocycles. The van der Waals surface area contributed by atoms with Gasteiger partial charge in [-0.25, -0.2) is 0 Å². The Morgan fingerprint density at radius 2 is 2.00 bits per heavy atom. The summed E-state index contributed by atoms with van der Waals surface area (Å²) in [6.07, 6.45) is 2.98. The molecular weight excluding hydrogens is 354 g/mol. The van der Waals surface area contributed by atoms with Crippen LogP contribution in [0.15, 0.2) is 22.7 Å². The minimum atomic E-state index is 0.376. The van der Waals surface area contributed by atoms with Gasteiger partial charge in [-0.2, -0.15) is 0 Å². The van der Waals surface area contributed by atoms with Gasteiger partial charge in [-0.1, -0.05) is 27.5 Å². The molecule has 0 amide bonds. The lowest BCUT2D eigenvalue weighted by molar-refractivity contribution is -0.915. The van der Waals surface area contributed by atoms with Crippen molar-refractivity contribution in [2.24, 2.45) is 0 Å². The second-order valence-corrected chi connectivity index (χ2v) is 7.12. The average Bonchev–Trinajstić information content (AvgIpc) is 2.39. The fraction of sp³-hybridized carbons (Fsp3) is 0.625. The lowest BCUT2D eigenvalue weighted by Crippen LogP contribution is -3.15. The normalized spacial score (nSPS) is 25.8. The van der Waals surface area contributed by atoms with Crippen molar-refractivity contribution in [2.45, 2.75) is 38.9 Å². The van der Waals surface area contributed by atoms with Crippen molar-refractivity contribution in [1.82, 2.24) is 0 Å². The van der Waals surface area contributed by atoms with Crippen molar-refractivity contribution >= 4 is 27.5 Å². The molecule has 118 valence electrons. The van der Waals surface area contributed by atoms with E-state index in [1.807, 2.05) is 18.2 Å². The number of quaternary nitrogens is 1. The molecule has 2 atom stereocenters. The van der Waals surface area contributed by atoms with Gasteiger partial charge in [-0.3, -0.25) is 0 Å². The van der Waals surface area contributed by atoms with Crippen LogP contribution in [0, 0.1) is 0 Å². The molecule has 0 saturated carbocycles. The number of halogens is 2. The summed E-state index contributed by atoms with van der Waals surface area (Å²) in [7, 11) is 0. The van der Waals surface area contributed by atoms with E-state index in [1.165, 1.54) is 13.0 Å². The summed E-state index contributed by atoms with van der Waals surface area (Å²) in [5.74, 6) is 0.765. The molecule has 1 fully saturated rings. The van der Waals surface area contributed by atoms with Crippen LogP contribution in [0.3, 0.4) is 0 Å². The fourth-order valence-corrected chi connectivity index (χ4v) is 3.57. The molecule has 1 aromatic rings. The lowest BCUT2D eigenvalue weighted by Gasteiger charge is -2.32. The SMILES string of the molecule is C[C@H]1C[NH+](CCCCOc2ccc(Br)cc2Cl)C[C@H](C)O1. The van der Waals surface area contributed by atoms with Gasteiger partial charge < -0.3 is 14.4 Å². The van der Waals surface area contributed by atoms with Crippen molar-refractivity contribution < 1.29 is 14.4 Å². The highest BCUT2D eigenvalue weighted by atomic mass is 79.9. The molecule has 1 aliphatic rings. The van der Waals surface area contributed by atoms with Crippen molar-refractivity contribution in [1.29, 1.82) is 0 Å². The van der Waals surface area contributed by atoms with Crippen LogP contribution < -0.4 is 9.64 Å². The Labute approximate surface area is 140 Å². The molecule has 0 aliphatic carbocycles. The van der Waals surface area contributed by atoms with Crippen LogP contribution in [0.2, 0.25) is 5.02 Å². The third-order valence-electron chi connectivity index (χ3n) is 3.69. The maximum absolute atomic E-state index is 6.12. The van der Waals surface area contributed by atoms with E-state index in [-0.39, 0.29) is 0 Å². The van der Waals surface area contributed by atoms with Gasteiger partial charge in [0.25, 0.3) is 0 Å². The zero-order valence-corrected chi connectivity index (χ0v) is 15.0. The molecule has 1 aliphatic heterocycles. The third-order valence-corrected chi connectivity index (χ3v) is 4.48. The van der Waals surface area contributed by atoms with E-state index >= 15 is 0 Å². The number of morpholine rings is 1. The number of hydrogen-bond acceptors (Lipinski definition) is 2. The fourth-order valence-electron chi connectivity index (χ4n) is 2.84. The molecular formula is C16H24BrClNO2+. The molecule has 5 heteroatoms. The molecule has 3 nitrogen and oxygen atoms in total. The monoisotopic (exact) mass is 376 g/mol. The molecule has 0 bridgehead atoms. The number of ether oxygens (including phenoxy) is 2. The number of benzene rings is 1. The van der Waals surface area contributed by atoms with Gasteiger partial charge in [0, 0.05) is 4.47 Å². The van der Waals surface area contributed by atoms with Gasteiger partial charge in [0.1, 0.15) is 31.0 Å². The van der Waals surface area contributed by atoms with E-state index in [4.69, 9.17) is 21.1 Å². The minimum absolute atomic E-state index is 0.376. The van der Waals surface area contributed by atoms with E-state index < -0.39 is 0 Å². The highest BCUT2D eigenvalue weighted by molar-refractivity contribution is 9.10. The Bertz CT molecular complexity index is 448. The number of hydrogen-bond donors (Lipinski definition) is 1. The first kappa shape index (κ1) is 17.1. The molecule has 0 unspecified atom stereocenters. The molecule has 1 heterocycles. The van der Waals surface area contributed by atoms with Crippen LogP contribution in [0.5, 0.6) is 5.75 Å². The summed E-state index contributed by atoms with van der Waals surface area (Å²) in [6, 6.07) is 5.71. The molecule has 0 radical (unpaired) electrons. The summed E-state index contributed by atoms with van der Waals surface area (Å²) in [5, 5.41) is 0.658. The molecule has 2 rings (SSSR count). The predicted octanol–water partition coefficient (Wildman–Crippen LogP) is 2.95. The summed E-state index contributed by atoms with van der Waals surface area (Å²) < 4.78 is 12.5. The Morgan fingerprint density at radius 1 is 1.29 bits per heavy atom. The second-order valence-electron chi connectivity index (χ2n) is 5.80. The van der Waals surface area contributed by atoms with E-state index in [1.54, 1.807) is 4.90 Å². The quantitative estimate of drug-likeness (QED) is 0.770. The number of rotatable bonds is 6. The highest BCUT2D eigenvalue weighted by Gasteiger charge is 2.24. The molecule has 1 aromatic carbocycles. The van der Waals surface area contributed by atoms with Crippen LogP contribution in [0.4, 0.5) is 0 Å². The van der Waals surface area contributed by atoms with E-state index in [2.05, 4.69) is 29.8 Å². The largest absolute Gasteiger partial charge is 0.492 e. The summed E-state index contributed by atoms with van der Waals surface area (Å²) in [6.45, 7) is 8.46. The van der Waals surface area contributed by atoms with Crippen molar-refractivity contribution in [3.8, 4) is 5.75 Å². The maximum atomic E-state index is 6.12. The summed E-state index contributed by atoms with van der Waals surface area (Å²) in [4.78, 5) is 1.64. The second kappa shape index (κ2) is 8.37. The predicted molar refractivity (Wildman–Crippen MR) is 89.5 cm³/mol. The smallest absolute Gasteiger partial charge is 0.137 e. The first-order valence-corrected chi connectivity index (χ1v) is 8.78. The van der Waals surface area contributed by atoms with Crippen LogP contribution in [0.25, 0.3) is 0 Å². The van der Waals surface area contributed by atoms with Gasteiger partial charge in [0.2, 0.25) is 0 Å². The Morgan fingerprint density at radius 3 is 2.67 bits per heavy atom. The van der Waals surface area contributed by atoms with E-state index in [0.29, 0.717) is 17.2 Å². The third kappa shape index (κ3) is 5.78. The van der Waals surface area contributed by atoms with Gasteiger partial charge in [0.05, 0.1) is 18.2 Å². The topological polar surface area (TPSA) is 22.9 Å². The Hall–Kier alpha value is -0.290. The van der Waals surface area contributed by atoms with Crippen LogP contribution in [-0.4, -0.2) is 38.4 Å². The van der Waals surface area contributed by atoms with Crippen molar-refractivity contribution in [3.05, 3.63) is 27.7 Å². The average molecular weight is 378 g/mol. The van der Waals surface area contributed by atoms with Crippen LogP contribution in [0.1, 0.15) is 26.7 Å². The van der Waals surface area contributed by atoms with Gasteiger partial charge in [-0.05, 0) is 44.9 Å². The molecule has 0 spiro atoms. The lowest BCUT2D eigenvalue weighted by atomic mass is 10.2. The Kier molecular flexibility index (Phi) is 6.80. The van der Waals surface area contributed by atoms with Gasteiger partial charge in [0.15, 0.2) is 0 Å². The molecule has 21 heavy (non-hydrogen) atoms. The first-order chi connectivity index (χ1) is 10.0. The minimum Gasteiger partial charge on any atom is -0.492 e. The zero-order chi connectivity index (χ0) is 15.2. The van der Waals surface area contributed by atoms with Crippen LogP contribution in [-0.2, 0) is 4.74 Å². The number of nitrogens with one attached hydrogen (secondary N) is 1. The molecule has 1 saturated heterocycles. The first-order valence-electron chi connectivity index (χ1n) is 7.61. The van der Waals surface area contributed by atoms with Crippen molar-refractivity contribution in [3.63, 3.8) is 0 Å². The van der Waals surface area contributed by atoms with E-state index in [9.17, 15) is 0 Å². The van der Waals surface area contributed by atoms with Gasteiger partial charge >= 0.3 is 0 Å². The summed E-state index contributed by atoms with van der Waals surface area (Å²) in [5.41, 5.74) is 0. The maximum Gasteiger partial charge on any atom is 0.137 e. The van der Waals surface area contributed by atoms with Crippen LogP contribution >= 0.6 is 27.5 Å². The summed E-state index contributed by atoms with van der Waals surface area (Å²) >= 11 is 9.51. The highest BCUT2D eigenvalue weighted by Crippen LogP contribution is 2.27. The zero-order valence-electron chi connectivity index (χ0n) is 12.7. The number of unbranched alkanes of at least 4 members (excludes halogenated alkanes) is 1. The Balaban J connectivity index is 1.63. The van der Waals surface area contributed by atoms with Crippen molar-refractivity contribution in [2.75, 3.05) is 26.2 Å². The van der Waals surface area contributed by atoms with Gasteiger partial charge in [-0.15, -0.1) is 0 Å². The standard InChI is InChI=1S/C16H23BrClNO2/c1-12-10-19(11-13(2)21-12)7-3-4-8-20-16-6-5-14(17)9-15(16)18/h5-6,9,12-13H,3-4,7-8,10-11H2,1-2H3/p+1/t12-,13-/m0/s1. The van der Waals surface area contributed by atoms with E-state index in [0.717, 1.165) is 36.3 Å².